The Labute approximate surface area is 183 Å². The first-order valence-corrected chi connectivity index (χ1v) is 9.93. The number of hydrogen-bond donors (Lipinski definition) is 1. The second-order valence-corrected chi connectivity index (χ2v) is 7.36. The Morgan fingerprint density at radius 3 is 2.50 bits per heavy atom. The third-order valence-electron chi connectivity index (χ3n) is 4.44. The lowest BCUT2D eigenvalue weighted by Gasteiger charge is -2.13. The molecule has 0 atom stereocenters. The van der Waals surface area contributed by atoms with Gasteiger partial charge < -0.3 is 14.5 Å². The van der Waals surface area contributed by atoms with Crippen molar-refractivity contribution in [1.29, 1.82) is 0 Å². The lowest BCUT2D eigenvalue weighted by Crippen LogP contribution is -2.11. The predicted molar refractivity (Wildman–Crippen MR) is 112 cm³/mol. The lowest BCUT2D eigenvalue weighted by molar-refractivity contribution is -0.0494. The van der Waals surface area contributed by atoms with Crippen LogP contribution in [0.3, 0.4) is 0 Å². The van der Waals surface area contributed by atoms with Crippen LogP contribution in [-0.4, -0.2) is 31.9 Å². The predicted octanol–water partition coefficient (Wildman–Crippen LogP) is 3.72. The van der Waals surface area contributed by atoms with E-state index < -0.39 is 12.4 Å². The molecule has 0 radical (unpaired) electrons. The minimum absolute atomic E-state index is 0.0415. The highest BCUT2D eigenvalue weighted by Crippen LogP contribution is 2.35. The minimum atomic E-state index is -3.03. The van der Waals surface area contributed by atoms with Crippen molar-refractivity contribution in [3.63, 3.8) is 0 Å². The second-order valence-electron chi connectivity index (χ2n) is 6.61. The Kier molecular flexibility index (Phi) is 5.77. The van der Waals surface area contributed by atoms with Gasteiger partial charge in [0.15, 0.2) is 0 Å². The van der Waals surface area contributed by atoms with Crippen LogP contribution in [0.25, 0.3) is 22.6 Å². The van der Waals surface area contributed by atoms with Gasteiger partial charge in [0, 0.05) is 23.9 Å². The van der Waals surface area contributed by atoms with E-state index in [4.69, 9.17) is 4.42 Å². The molecule has 32 heavy (non-hydrogen) atoms. The number of carbonyl (C=O) groups is 1. The van der Waals surface area contributed by atoms with E-state index in [0.717, 1.165) is 16.2 Å². The smallest absolute Gasteiger partial charge is 0.434 e. The van der Waals surface area contributed by atoms with Crippen LogP contribution in [0.1, 0.15) is 15.4 Å². The number of amides is 1. The molecule has 0 aliphatic rings. The largest absolute Gasteiger partial charge is 0.437 e. The van der Waals surface area contributed by atoms with Crippen LogP contribution in [-0.2, 0) is 7.05 Å². The van der Waals surface area contributed by atoms with E-state index in [1.807, 2.05) is 0 Å². The molecule has 1 amide bonds. The molecule has 0 aliphatic heterocycles. The summed E-state index contributed by atoms with van der Waals surface area (Å²) in [5, 5.41) is 10.5. The summed E-state index contributed by atoms with van der Waals surface area (Å²) >= 11 is 0.987. The van der Waals surface area contributed by atoms with Crippen LogP contribution in [0.5, 0.6) is 5.75 Å². The Morgan fingerprint density at radius 1 is 1.19 bits per heavy atom. The van der Waals surface area contributed by atoms with Crippen LogP contribution < -0.4 is 15.8 Å². The Morgan fingerprint density at radius 2 is 1.91 bits per heavy atom. The summed E-state index contributed by atoms with van der Waals surface area (Å²) in [7, 11) is 1.43. The van der Waals surface area contributed by atoms with Gasteiger partial charge in [-0.1, -0.05) is 16.6 Å². The molecule has 0 aliphatic carbocycles. The van der Waals surface area contributed by atoms with E-state index in [1.54, 1.807) is 31.2 Å². The van der Waals surface area contributed by atoms with E-state index in [-0.39, 0.29) is 17.5 Å². The van der Waals surface area contributed by atoms with Crippen molar-refractivity contribution in [1.82, 2.24) is 19.4 Å². The highest BCUT2D eigenvalue weighted by atomic mass is 32.1. The van der Waals surface area contributed by atoms with Gasteiger partial charge in [0.05, 0.1) is 5.69 Å². The van der Waals surface area contributed by atoms with E-state index in [2.05, 4.69) is 24.7 Å². The van der Waals surface area contributed by atoms with E-state index >= 15 is 0 Å². The van der Waals surface area contributed by atoms with Gasteiger partial charge in [0.1, 0.15) is 10.6 Å². The Bertz CT molecular complexity index is 1330. The summed E-state index contributed by atoms with van der Waals surface area (Å²) in [5.74, 6) is -1.02. The van der Waals surface area contributed by atoms with Crippen molar-refractivity contribution in [2.45, 2.75) is 13.5 Å². The maximum Gasteiger partial charge on any atom is 0.437 e. The molecule has 2 aromatic carbocycles. The summed E-state index contributed by atoms with van der Waals surface area (Å²) in [4.78, 5) is 24.3. The molecule has 0 bridgehead atoms. The lowest BCUT2D eigenvalue weighted by atomic mass is 10.0. The zero-order chi connectivity index (χ0) is 22.8. The second kappa shape index (κ2) is 8.67. The molecule has 0 fully saturated rings. The molecule has 0 saturated heterocycles. The number of ether oxygens (including phenoxy) is 1. The maximum absolute atomic E-state index is 12.9. The monoisotopic (exact) mass is 459 g/mol. The molecule has 9 nitrogen and oxygen atoms in total. The van der Waals surface area contributed by atoms with Crippen molar-refractivity contribution < 1.29 is 22.7 Å². The number of alkyl halides is 2. The van der Waals surface area contributed by atoms with Crippen molar-refractivity contribution in [2.75, 3.05) is 5.32 Å². The van der Waals surface area contributed by atoms with Crippen molar-refractivity contribution >= 4 is 23.1 Å². The highest BCUT2D eigenvalue weighted by Gasteiger charge is 2.17. The average molecular weight is 459 g/mol. The zero-order valence-corrected chi connectivity index (χ0v) is 17.5. The van der Waals surface area contributed by atoms with Crippen LogP contribution in [0.15, 0.2) is 51.7 Å². The summed E-state index contributed by atoms with van der Waals surface area (Å²) in [6.45, 7) is -1.34. The number of rotatable bonds is 6. The molecule has 2 heterocycles. The summed E-state index contributed by atoms with van der Waals surface area (Å²) < 4.78 is 40.3. The number of nitrogens with one attached hydrogen (secondary N) is 1. The van der Waals surface area contributed by atoms with Gasteiger partial charge in [0.2, 0.25) is 5.89 Å². The van der Waals surface area contributed by atoms with E-state index in [1.165, 1.54) is 25.2 Å². The van der Waals surface area contributed by atoms with Crippen molar-refractivity contribution in [2.24, 2.45) is 7.05 Å². The third kappa shape index (κ3) is 4.39. The molecular weight excluding hydrogens is 444 g/mol. The van der Waals surface area contributed by atoms with Crippen LogP contribution in [0, 0.1) is 6.92 Å². The fourth-order valence-electron chi connectivity index (χ4n) is 2.91. The van der Waals surface area contributed by atoms with Crippen LogP contribution >= 0.6 is 11.5 Å². The first-order chi connectivity index (χ1) is 15.3. The van der Waals surface area contributed by atoms with Gasteiger partial charge in [-0.25, -0.2) is 4.79 Å². The highest BCUT2D eigenvalue weighted by molar-refractivity contribution is 7.08. The first kappa shape index (κ1) is 21.3. The minimum Gasteiger partial charge on any atom is -0.434 e. The third-order valence-corrected chi connectivity index (χ3v) is 5.27. The van der Waals surface area contributed by atoms with Gasteiger partial charge in [-0.15, -0.1) is 10.2 Å². The molecule has 4 rings (SSSR count). The summed E-state index contributed by atoms with van der Waals surface area (Å²) in [5.41, 5.74) is 2.29. The molecule has 1 N–H and O–H groups in total. The van der Waals surface area contributed by atoms with Crippen molar-refractivity contribution in [3.05, 3.63) is 63.6 Å². The fourth-order valence-corrected chi connectivity index (χ4v) is 3.46. The molecule has 2 aromatic heterocycles. The Balaban J connectivity index is 1.66. The van der Waals surface area contributed by atoms with Crippen LogP contribution in [0.2, 0.25) is 0 Å². The number of aryl methyl sites for hydroxylation is 2. The number of aromatic nitrogens is 4. The maximum atomic E-state index is 12.9. The molecule has 0 unspecified atom stereocenters. The van der Waals surface area contributed by atoms with Gasteiger partial charge in [-0.2, -0.15) is 13.5 Å². The molecule has 164 valence electrons. The van der Waals surface area contributed by atoms with Gasteiger partial charge >= 0.3 is 12.4 Å². The zero-order valence-electron chi connectivity index (χ0n) is 16.7. The number of nitrogens with zero attached hydrogens (tertiary/aromatic N) is 4. The standard InChI is InChI=1S/C20H15F2N5O4S/c1-10-16(32-26-24-10)17(28)23-13-6-3-11(4-7-13)14-9-12(5-8-15(14)30-19(21)22)18-25-27(2)20(29)31-18/h3-9,19H,1-2H3,(H,23,28). The molecule has 4 aromatic rings. The summed E-state index contributed by atoms with van der Waals surface area (Å²) in [6.07, 6.45) is 0. The average Bonchev–Trinajstić information content (AvgIpc) is 3.33. The van der Waals surface area contributed by atoms with Gasteiger partial charge in [-0.05, 0) is 54.4 Å². The molecular formula is C20H15F2N5O4S. The number of carbonyl (C=O) groups excluding carboxylic acids is 1. The van der Waals surface area contributed by atoms with E-state index in [9.17, 15) is 18.4 Å². The molecule has 0 saturated carbocycles. The number of anilines is 1. The number of benzene rings is 2. The normalized spacial score (nSPS) is 11.0. The van der Waals surface area contributed by atoms with Gasteiger partial charge in [-0.3, -0.25) is 4.79 Å². The molecule has 0 spiro atoms. The topological polar surface area (TPSA) is 112 Å². The van der Waals surface area contributed by atoms with Crippen LogP contribution in [0.4, 0.5) is 14.5 Å². The van der Waals surface area contributed by atoms with Gasteiger partial charge in [0.25, 0.3) is 5.91 Å². The first-order valence-electron chi connectivity index (χ1n) is 9.16. The SMILES string of the molecule is Cc1nnsc1C(=O)Nc1ccc(-c2cc(-c3nn(C)c(=O)o3)ccc2OC(F)F)cc1. The Hall–Kier alpha value is -3.93. The number of hydrogen-bond acceptors (Lipinski definition) is 8. The summed E-state index contributed by atoms with van der Waals surface area (Å²) in [6, 6.07) is 10.9. The quantitative estimate of drug-likeness (QED) is 0.468. The number of halogens is 2. The van der Waals surface area contributed by atoms with E-state index in [0.29, 0.717) is 32.9 Å². The molecule has 12 heteroatoms. The van der Waals surface area contributed by atoms with Crippen molar-refractivity contribution in [3.8, 4) is 28.3 Å². The fraction of sp³-hybridized carbons (Fsp3) is 0.150.